The van der Waals surface area contributed by atoms with E-state index in [2.05, 4.69) is 0 Å². The highest BCUT2D eigenvalue weighted by Gasteiger charge is 2.04. The first kappa shape index (κ1) is 17.5. The number of benzene rings is 2. The molecule has 2 N–H and O–H groups in total. The molecule has 2 rings (SSSR count). The maximum Gasteiger partial charge on any atom is 0.118 e. The summed E-state index contributed by atoms with van der Waals surface area (Å²) in [6.45, 7) is 1.26. The molecule has 0 saturated carbocycles. The lowest BCUT2D eigenvalue weighted by molar-refractivity contribution is 0.114. The molecule has 0 spiro atoms. The van der Waals surface area contributed by atoms with Crippen LogP contribution in [0.4, 0.5) is 0 Å². The first-order chi connectivity index (χ1) is 9.79. The van der Waals surface area contributed by atoms with Crippen LogP contribution >= 0.6 is 12.4 Å². The molecule has 0 bridgehead atoms. The van der Waals surface area contributed by atoms with E-state index in [1.165, 1.54) is 0 Å². The molecular formula is C17H22ClNO2. The van der Waals surface area contributed by atoms with E-state index in [-0.39, 0.29) is 18.4 Å². The van der Waals surface area contributed by atoms with Crippen LogP contribution < -0.4 is 10.5 Å². The molecule has 2 aromatic rings. The van der Waals surface area contributed by atoms with Gasteiger partial charge in [0.05, 0.1) is 13.7 Å². The molecule has 0 fully saturated rings. The normalized spacial score (nSPS) is 11.5. The Morgan fingerprint density at radius 3 is 2.29 bits per heavy atom. The van der Waals surface area contributed by atoms with E-state index in [1.54, 1.807) is 7.11 Å². The third-order valence-corrected chi connectivity index (χ3v) is 3.23. The van der Waals surface area contributed by atoms with Crippen LogP contribution in [0.2, 0.25) is 0 Å². The number of nitrogens with two attached hydrogens (primary N) is 1. The van der Waals surface area contributed by atoms with Gasteiger partial charge in [0.2, 0.25) is 0 Å². The van der Waals surface area contributed by atoms with E-state index >= 15 is 0 Å². The van der Waals surface area contributed by atoms with Gasteiger partial charge in [-0.2, -0.15) is 0 Å². The van der Waals surface area contributed by atoms with Gasteiger partial charge in [-0.3, -0.25) is 0 Å². The Bertz CT molecular complexity index is 502. The maximum atomic E-state index is 6.12. The molecule has 0 radical (unpaired) electrons. The smallest absolute Gasteiger partial charge is 0.118 e. The summed E-state index contributed by atoms with van der Waals surface area (Å²) in [5.41, 5.74) is 8.41. The standard InChI is InChI=1S/C17H21NO2.ClH/c1-19-16-9-7-14(8-10-16)13-20-12-11-17(18)15-5-3-2-4-6-15;/h2-10,17H,11-13,18H2,1H3;1H. The molecule has 1 atom stereocenters. The molecule has 114 valence electrons. The quantitative estimate of drug-likeness (QED) is 0.793. The largest absolute Gasteiger partial charge is 0.497 e. The molecule has 21 heavy (non-hydrogen) atoms. The van der Waals surface area contributed by atoms with Crippen molar-refractivity contribution in [3.8, 4) is 5.75 Å². The van der Waals surface area contributed by atoms with Gasteiger partial charge in [-0.1, -0.05) is 42.5 Å². The van der Waals surface area contributed by atoms with Crippen molar-refractivity contribution in [1.82, 2.24) is 0 Å². The second-order valence-electron chi connectivity index (χ2n) is 4.71. The number of hydrogen-bond donors (Lipinski definition) is 1. The van der Waals surface area contributed by atoms with Crippen LogP contribution in [0.25, 0.3) is 0 Å². The van der Waals surface area contributed by atoms with Gasteiger partial charge in [-0.05, 0) is 29.7 Å². The van der Waals surface area contributed by atoms with Crippen LogP contribution in [0.5, 0.6) is 5.75 Å². The molecule has 1 unspecified atom stereocenters. The van der Waals surface area contributed by atoms with Crippen molar-refractivity contribution < 1.29 is 9.47 Å². The fourth-order valence-electron chi connectivity index (χ4n) is 1.99. The summed E-state index contributed by atoms with van der Waals surface area (Å²) in [6, 6.07) is 18.0. The van der Waals surface area contributed by atoms with Crippen LogP contribution in [-0.2, 0) is 11.3 Å². The average molecular weight is 308 g/mol. The minimum absolute atomic E-state index is 0. The molecule has 0 heterocycles. The predicted molar refractivity (Wildman–Crippen MR) is 87.9 cm³/mol. The van der Waals surface area contributed by atoms with Gasteiger partial charge in [0.15, 0.2) is 0 Å². The minimum Gasteiger partial charge on any atom is -0.497 e. The SMILES string of the molecule is COc1ccc(COCCC(N)c2ccccc2)cc1.Cl. The predicted octanol–water partition coefficient (Wildman–Crippen LogP) is 3.72. The average Bonchev–Trinajstić information content (AvgIpc) is 2.53. The van der Waals surface area contributed by atoms with Gasteiger partial charge < -0.3 is 15.2 Å². The third-order valence-electron chi connectivity index (χ3n) is 3.23. The zero-order valence-corrected chi connectivity index (χ0v) is 13.0. The molecule has 2 aromatic carbocycles. The van der Waals surface area contributed by atoms with Crippen LogP contribution in [0.15, 0.2) is 54.6 Å². The summed E-state index contributed by atoms with van der Waals surface area (Å²) < 4.78 is 10.8. The summed E-state index contributed by atoms with van der Waals surface area (Å²) in [7, 11) is 1.66. The lowest BCUT2D eigenvalue weighted by Gasteiger charge is -2.12. The minimum atomic E-state index is 0. The third kappa shape index (κ3) is 5.76. The van der Waals surface area contributed by atoms with Crippen molar-refractivity contribution in [2.24, 2.45) is 5.73 Å². The Labute approximate surface area is 132 Å². The molecule has 0 aliphatic rings. The first-order valence-electron chi connectivity index (χ1n) is 6.81. The van der Waals surface area contributed by atoms with Crippen molar-refractivity contribution in [3.63, 3.8) is 0 Å². The van der Waals surface area contributed by atoms with Crippen LogP contribution in [0, 0.1) is 0 Å². The van der Waals surface area contributed by atoms with Crippen molar-refractivity contribution in [1.29, 1.82) is 0 Å². The van der Waals surface area contributed by atoms with Gasteiger partial charge >= 0.3 is 0 Å². The Balaban J connectivity index is 0.00000220. The van der Waals surface area contributed by atoms with Crippen LogP contribution in [-0.4, -0.2) is 13.7 Å². The van der Waals surface area contributed by atoms with Crippen molar-refractivity contribution in [2.75, 3.05) is 13.7 Å². The van der Waals surface area contributed by atoms with E-state index in [0.29, 0.717) is 13.2 Å². The Morgan fingerprint density at radius 1 is 1.00 bits per heavy atom. The highest BCUT2D eigenvalue weighted by Crippen LogP contribution is 2.15. The zero-order valence-electron chi connectivity index (χ0n) is 12.2. The van der Waals surface area contributed by atoms with E-state index in [9.17, 15) is 0 Å². The monoisotopic (exact) mass is 307 g/mol. The molecular weight excluding hydrogens is 286 g/mol. The van der Waals surface area contributed by atoms with Crippen LogP contribution in [0.1, 0.15) is 23.6 Å². The lowest BCUT2D eigenvalue weighted by atomic mass is 10.1. The number of hydrogen-bond acceptors (Lipinski definition) is 3. The van der Waals surface area contributed by atoms with Gasteiger partial charge in [-0.15, -0.1) is 12.4 Å². The van der Waals surface area contributed by atoms with E-state index in [1.807, 2.05) is 54.6 Å². The molecule has 0 aliphatic carbocycles. The Kier molecular flexibility index (Phi) is 7.83. The van der Waals surface area contributed by atoms with Gasteiger partial charge in [0.25, 0.3) is 0 Å². The van der Waals surface area contributed by atoms with Crippen LogP contribution in [0.3, 0.4) is 0 Å². The second-order valence-corrected chi connectivity index (χ2v) is 4.71. The van der Waals surface area contributed by atoms with E-state index in [0.717, 1.165) is 23.3 Å². The lowest BCUT2D eigenvalue weighted by Crippen LogP contribution is -2.13. The highest BCUT2D eigenvalue weighted by molar-refractivity contribution is 5.85. The fourth-order valence-corrected chi connectivity index (χ4v) is 1.99. The van der Waals surface area contributed by atoms with Gasteiger partial charge in [0, 0.05) is 12.6 Å². The summed E-state index contributed by atoms with van der Waals surface area (Å²) in [4.78, 5) is 0. The van der Waals surface area contributed by atoms with Crippen molar-refractivity contribution >= 4 is 12.4 Å². The van der Waals surface area contributed by atoms with Crippen molar-refractivity contribution in [3.05, 3.63) is 65.7 Å². The summed E-state index contributed by atoms with van der Waals surface area (Å²) >= 11 is 0. The number of ether oxygens (including phenoxy) is 2. The molecule has 3 nitrogen and oxygen atoms in total. The zero-order chi connectivity index (χ0) is 14.2. The van der Waals surface area contributed by atoms with E-state index < -0.39 is 0 Å². The van der Waals surface area contributed by atoms with Gasteiger partial charge in [-0.25, -0.2) is 0 Å². The van der Waals surface area contributed by atoms with Crippen molar-refractivity contribution in [2.45, 2.75) is 19.1 Å². The summed E-state index contributed by atoms with van der Waals surface area (Å²) in [5, 5.41) is 0. The molecule has 4 heteroatoms. The first-order valence-corrected chi connectivity index (χ1v) is 6.81. The highest BCUT2D eigenvalue weighted by atomic mass is 35.5. The second kappa shape index (κ2) is 9.40. The number of halogens is 1. The molecule has 0 amide bonds. The number of rotatable bonds is 7. The Morgan fingerprint density at radius 2 is 1.67 bits per heavy atom. The topological polar surface area (TPSA) is 44.5 Å². The fraction of sp³-hybridized carbons (Fsp3) is 0.294. The van der Waals surface area contributed by atoms with Gasteiger partial charge in [0.1, 0.15) is 5.75 Å². The molecule has 0 aromatic heterocycles. The number of methoxy groups -OCH3 is 1. The maximum absolute atomic E-state index is 6.12. The summed E-state index contributed by atoms with van der Waals surface area (Å²) in [6.07, 6.45) is 0.820. The Hall–Kier alpha value is -1.55. The summed E-state index contributed by atoms with van der Waals surface area (Å²) in [5.74, 6) is 0.861. The molecule has 0 saturated heterocycles. The molecule has 0 aliphatic heterocycles. The van der Waals surface area contributed by atoms with E-state index in [4.69, 9.17) is 15.2 Å².